The van der Waals surface area contributed by atoms with E-state index in [2.05, 4.69) is 5.32 Å². The summed E-state index contributed by atoms with van der Waals surface area (Å²) in [4.78, 5) is 10.9. The maximum absolute atomic E-state index is 10.9. The zero-order valence-electron chi connectivity index (χ0n) is 10.1. The van der Waals surface area contributed by atoms with Gasteiger partial charge < -0.3 is 15.2 Å². The summed E-state index contributed by atoms with van der Waals surface area (Å²) >= 11 is 0. The lowest BCUT2D eigenvalue weighted by atomic mass is 9.83. The molecule has 16 heavy (non-hydrogen) atoms. The summed E-state index contributed by atoms with van der Waals surface area (Å²) in [7, 11) is 0. The minimum Gasteiger partial charge on any atom is -0.480 e. The van der Waals surface area contributed by atoms with E-state index in [0.717, 1.165) is 25.3 Å². The van der Waals surface area contributed by atoms with Crippen molar-refractivity contribution >= 4 is 5.97 Å². The van der Waals surface area contributed by atoms with Gasteiger partial charge >= 0.3 is 5.97 Å². The normalized spacial score (nSPS) is 18.1. The Kier molecular flexibility index (Phi) is 6.42. The van der Waals surface area contributed by atoms with Crippen LogP contribution in [0.5, 0.6) is 0 Å². The van der Waals surface area contributed by atoms with Gasteiger partial charge in [-0.15, -0.1) is 0 Å². The van der Waals surface area contributed by atoms with Crippen LogP contribution in [0.3, 0.4) is 0 Å². The van der Waals surface area contributed by atoms with E-state index in [1.165, 1.54) is 19.3 Å². The van der Waals surface area contributed by atoms with Crippen LogP contribution < -0.4 is 5.32 Å². The Morgan fingerprint density at radius 1 is 1.56 bits per heavy atom. The molecular weight excluding hydrogens is 206 g/mol. The van der Waals surface area contributed by atoms with Crippen molar-refractivity contribution in [2.24, 2.45) is 5.92 Å². The SMILES string of the molecule is CCCNC(COCCC1CCC1)C(=O)O. The quantitative estimate of drug-likeness (QED) is 0.590. The monoisotopic (exact) mass is 229 g/mol. The van der Waals surface area contributed by atoms with Crippen molar-refractivity contribution in [3.8, 4) is 0 Å². The van der Waals surface area contributed by atoms with E-state index >= 15 is 0 Å². The molecule has 0 aliphatic heterocycles. The summed E-state index contributed by atoms with van der Waals surface area (Å²) in [5.74, 6) is 0.00368. The molecule has 4 nitrogen and oxygen atoms in total. The molecule has 1 unspecified atom stereocenters. The first-order chi connectivity index (χ1) is 7.74. The Morgan fingerprint density at radius 3 is 2.81 bits per heavy atom. The third-order valence-electron chi connectivity index (χ3n) is 3.12. The van der Waals surface area contributed by atoms with Crippen molar-refractivity contribution in [3.63, 3.8) is 0 Å². The highest BCUT2D eigenvalue weighted by molar-refractivity contribution is 5.73. The van der Waals surface area contributed by atoms with Crippen LogP contribution in [-0.2, 0) is 9.53 Å². The second kappa shape index (κ2) is 7.63. The largest absolute Gasteiger partial charge is 0.480 e. The number of rotatable bonds is 9. The number of ether oxygens (including phenoxy) is 1. The number of aliphatic carboxylic acids is 1. The first-order valence-corrected chi connectivity index (χ1v) is 6.28. The van der Waals surface area contributed by atoms with Crippen molar-refractivity contribution in [1.82, 2.24) is 5.32 Å². The molecule has 1 fully saturated rings. The molecular formula is C12H23NO3. The third-order valence-corrected chi connectivity index (χ3v) is 3.12. The van der Waals surface area contributed by atoms with Gasteiger partial charge in [0, 0.05) is 6.61 Å². The van der Waals surface area contributed by atoms with Gasteiger partial charge in [0.25, 0.3) is 0 Å². The predicted molar refractivity (Wildman–Crippen MR) is 62.5 cm³/mol. The highest BCUT2D eigenvalue weighted by atomic mass is 16.5. The fourth-order valence-corrected chi connectivity index (χ4v) is 1.77. The maximum Gasteiger partial charge on any atom is 0.323 e. The van der Waals surface area contributed by atoms with Crippen molar-refractivity contribution in [3.05, 3.63) is 0 Å². The first kappa shape index (κ1) is 13.5. The van der Waals surface area contributed by atoms with Gasteiger partial charge in [0.2, 0.25) is 0 Å². The van der Waals surface area contributed by atoms with Crippen LogP contribution in [0, 0.1) is 5.92 Å². The maximum atomic E-state index is 10.9. The van der Waals surface area contributed by atoms with Gasteiger partial charge in [-0.05, 0) is 25.3 Å². The Morgan fingerprint density at radius 2 is 2.31 bits per heavy atom. The van der Waals surface area contributed by atoms with Gasteiger partial charge in [0.05, 0.1) is 6.61 Å². The smallest absolute Gasteiger partial charge is 0.323 e. The van der Waals surface area contributed by atoms with Gasteiger partial charge in [0.1, 0.15) is 6.04 Å². The van der Waals surface area contributed by atoms with Gasteiger partial charge in [-0.1, -0.05) is 26.2 Å². The van der Waals surface area contributed by atoms with Crippen LogP contribution in [0.25, 0.3) is 0 Å². The number of carboxylic acid groups (broad SMARTS) is 1. The van der Waals surface area contributed by atoms with Crippen molar-refractivity contribution < 1.29 is 14.6 Å². The van der Waals surface area contributed by atoms with Gasteiger partial charge in [-0.2, -0.15) is 0 Å². The average Bonchev–Trinajstić information content (AvgIpc) is 2.19. The van der Waals surface area contributed by atoms with E-state index in [9.17, 15) is 4.79 Å². The lowest BCUT2D eigenvalue weighted by Crippen LogP contribution is -2.41. The summed E-state index contributed by atoms with van der Waals surface area (Å²) in [6.07, 6.45) is 6.01. The summed E-state index contributed by atoms with van der Waals surface area (Å²) in [6, 6.07) is -0.554. The zero-order valence-corrected chi connectivity index (χ0v) is 10.1. The summed E-state index contributed by atoms with van der Waals surface area (Å²) in [6.45, 7) is 3.72. The number of carbonyl (C=O) groups is 1. The molecule has 0 saturated heterocycles. The highest BCUT2D eigenvalue weighted by Crippen LogP contribution is 2.29. The molecule has 1 aliphatic carbocycles. The fraction of sp³-hybridized carbons (Fsp3) is 0.917. The van der Waals surface area contributed by atoms with Gasteiger partial charge in [0.15, 0.2) is 0 Å². The highest BCUT2D eigenvalue weighted by Gasteiger charge is 2.19. The summed E-state index contributed by atoms with van der Waals surface area (Å²) in [5.41, 5.74) is 0. The standard InChI is InChI=1S/C12H23NO3/c1-2-7-13-11(12(14)15)9-16-8-6-10-4-3-5-10/h10-11,13H,2-9H2,1H3,(H,14,15). The Balaban J connectivity index is 2.03. The second-order valence-electron chi connectivity index (χ2n) is 4.51. The van der Waals surface area contributed by atoms with E-state index in [1.54, 1.807) is 0 Å². The van der Waals surface area contributed by atoms with Gasteiger partial charge in [-0.3, -0.25) is 4.79 Å². The molecule has 0 aromatic heterocycles. The average molecular weight is 229 g/mol. The lowest BCUT2D eigenvalue weighted by Gasteiger charge is -2.25. The van der Waals surface area contributed by atoms with Crippen LogP contribution in [0.1, 0.15) is 39.0 Å². The zero-order chi connectivity index (χ0) is 11.8. The molecule has 1 rings (SSSR count). The summed E-state index contributed by atoms with van der Waals surface area (Å²) < 4.78 is 5.42. The van der Waals surface area contributed by atoms with E-state index in [1.807, 2.05) is 6.92 Å². The number of hydrogen-bond acceptors (Lipinski definition) is 3. The molecule has 4 heteroatoms. The van der Waals surface area contributed by atoms with E-state index in [4.69, 9.17) is 9.84 Å². The van der Waals surface area contributed by atoms with Crippen LogP contribution in [-0.4, -0.2) is 36.9 Å². The molecule has 1 saturated carbocycles. The first-order valence-electron chi connectivity index (χ1n) is 6.28. The molecule has 1 aliphatic rings. The predicted octanol–water partition coefficient (Wildman–Crippen LogP) is 1.65. The minimum absolute atomic E-state index is 0.280. The van der Waals surface area contributed by atoms with E-state index in [-0.39, 0.29) is 6.61 Å². The molecule has 2 N–H and O–H groups in total. The Hall–Kier alpha value is -0.610. The minimum atomic E-state index is -0.822. The number of nitrogens with one attached hydrogen (secondary N) is 1. The van der Waals surface area contributed by atoms with Crippen LogP contribution in [0.2, 0.25) is 0 Å². The number of carboxylic acids is 1. The molecule has 0 bridgehead atoms. The van der Waals surface area contributed by atoms with Crippen LogP contribution in [0.4, 0.5) is 0 Å². The third kappa shape index (κ3) is 4.94. The second-order valence-corrected chi connectivity index (χ2v) is 4.51. The van der Waals surface area contributed by atoms with Crippen molar-refractivity contribution in [2.45, 2.75) is 45.1 Å². The fourth-order valence-electron chi connectivity index (χ4n) is 1.77. The molecule has 94 valence electrons. The molecule has 0 aromatic rings. The molecule has 0 radical (unpaired) electrons. The van der Waals surface area contributed by atoms with Crippen LogP contribution >= 0.6 is 0 Å². The Labute approximate surface area is 97.4 Å². The van der Waals surface area contributed by atoms with Crippen molar-refractivity contribution in [1.29, 1.82) is 0 Å². The molecule has 0 amide bonds. The van der Waals surface area contributed by atoms with Crippen LogP contribution in [0.15, 0.2) is 0 Å². The van der Waals surface area contributed by atoms with Crippen molar-refractivity contribution in [2.75, 3.05) is 19.8 Å². The number of hydrogen-bond donors (Lipinski definition) is 2. The Bertz CT molecular complexity index is 204. The molecule has 0 aromatic carbocycles. The molecule has 1 atom stereocenters. The molecule has 0 heterocycles. The molecule has 0 spiro atoms. The van der Waals surface area contributed by atoms with E-state index in [0.29, 0.717) is 6.61 Å². The topological polar surface area (TPSA) is 58.6 Å². The lowest BCUT2D eigenvalue weighted by molar-refractivity contribution is -0.141. The van der Waals surface area contributed by atoms with Gasteiger partial charge in [-0.25, -0.2) is 0 Å². The van der Waals surface area contributed by atoms with E-state index < -0.39 is 12.0 Å². The summed E-state index contributed by atoms with van der Waals surface area (Å²) in [5, 5.41) is 11.9.